The van der Waals surface area contributed by atoms with Gasteiger partial charge < -0.3 is 5.32 Å². The minimum atomic E-state index is 0.217. The summed E-state index contributed by atoms with van der Waals surface area (Å²) in [5, 5.41) is 3.30. The highest BCUT2D eigenvalue weighted by Crippen LogP contribution is 2.20. The maximum absolute atomic E-state index is 11.0. The van der Waals surface area contributed by atoms with E-state index in [1.165, 1.54) is 11.1 Å². The molecule has 2 nitrogen and oxygen atoms in total. The molecule has 1 aromatic carbocycles. The maximum Gasteiger partial charge on any atom is 0.134 e. The Labute approximate surface area is 96.4 Å². The third kappa shape index (κ3) is 2.80. The van der Waals surface area contributed by atoms with Crippen molar-refractivity contribution in [1.29, 1.82) is 0 Å². The maximum atomic E-state index is 11.0. The molecule has 1 aromatic rings. The first-order valence-electron chi connectivity index (χ1n) is 5.74. The monoisotopic (exact) mass is 215 g/mol. The van der Waals surface area contributed by atoms with E-state index < -0.39 is 0 Å². The minimum absolute atomic E-state index is 0.217. The number of carbonyl (C=O) groups is 1. The molecule has 0 bridgehead atoms. The van der Waals surface area contributed by atoms with Crippen LogP contribution in [0.4, 0.5) is 0 Å². The van der Waals surface area contributed by atoms with Crippen LogP contribution in [0.2, 0.25) is 0 Å². The Kier molecular flexibility index (Phi) is 3.52. The summed E-state index contributed by atoms with van der Waals surface area (Å²) >= 11 is 0. The number of hydrogen-bond acceptors (Lipinski definition) is 2. The van der Waals surface area contributed by atoms with Crippen LogP contribution in [-0.4, -0.2) is 18.9 Å². The summed E-state index contributed by atoms with van der Waals surface area (Å²) in [6.45, 7) is 3.65. The molecule has 84 valence electrons. The summed E-state index contributed by atoms with van der Waals surface area (Å²) < 4.78 is 0. The molecule has 16 heavy (non-hydrogen) atoms. The Balaban J connectivity index is 2.12. The predicted octanol–water partition coefficient (Wildman–Crippen LogP) is 2.19. The molecule has 0 atom stereocenters. The van der Waals surface area contributed by atoms with E-state index in [-0.39, 0.29) is 5.78 Å². The summed E-state index contributed by atoms with van der Waals surface area (Å²) in [7, 11) is 0. The first-order valence-corrected chi connectivity index (χ1v) is 5.74. The van der Waals surface area contributed by atoms with Crippen molar-refractivity contribution in [2.75, 3.05) is 13.1 Å². The Morgan fingerprint density at radius 3 is 2.62 bits per heavy atom. The van der Waals surface area contributed by atoms with Crippen molar-refractivity contribution in [3.63, 3.8) is 0 Å². The standard InChI is InChI=1S/C14H17NO/c1-11(16)10-12-2-4-13(5-3-12)14-6-8-15-9-7-14/h2-6,15H,7-10H2,1H3. The lowest BCUT2D eigenvalue weighted by Gasteiger charge is -2.14. The first-order chi connectivity index (χ1) is 7.75. The van der Waals surface area contributed by atoms with Crippen molar-refractivity contribution in [3.8, 4) is 0 Å². The van der Waals surface area contributed by atoms with Gasteiger partial charge in [-0.15, -0.1) is 0 Å². The van der Waals surface area contributed by atoms with Crippen molar-refractivity contribution < 1.29 is 4.79 Å². The molecule has 0 saturated carbocycles. The van der Waals surface area contributed by atoms with Crippen molar-refractivity contribution >= 4 is 11.4 Å². The average Bonchev–Trinajstić information content (AvgIpc) is 2.30. The molecule has 0 saturated heterocycles. The van der Waals surface area contributed by atoms with E-state index in [1.54, 1.807) is 6.92 Å². The van der Waals surface area contributed by atoms with Gasteiger partial charge in [-0.25, -0.2) is 0 Å². The number of nitrogens with one attached hydrogen (secondary N) is 1. The topological polar surface area (TPSA) is 29.1 Å². The van der Waals surface area contributed by atoms with Gasteiger partial charge in [0.05, 0.1) is 0 Å². The van der Waals surface area contributed by atoms with Crippen LogP contribution in [-0.2, 0) is 11.2 Å². The molecule has 0 spiro atoms. The van der Waals surface area contributed by atoms with E-state index >= 15 is 0 Å². The first kappa shape index (κ1) is 11.1. The summed E-state index contributed by atoms with van der Waals surface area (Å²) in [6, 6.07) is 8.35. The molecule has 1 heterocycles. The fourth-order valence-electron chi connectivity index (χ4n) is 2.01. The number of Topliss-reactive ketones (excluding diaryl/α,β-unsaturated/α-hetero) is 1. The third-order valence-electron chi connectivity index (χ3n) is 2.84. The normalized spacial score (nSPS) is 15.7. The Morgan fingerprint density at radius 2 is 2.06 bits per heavy atom. The lowest BCUT2D eigenvalue weighted by atomic mass is 9.98. The van der Waals surface area contributed by atoms with Crippen molar-refractivity contribution in [2.45, 2.75) is 19.8 Å². The van der Waals surface area contributed by atoms with Crippen LogP contribution < -0.4 is 5.32 Å². The van der Waals surface area contributed by atoms with Gasteiger partial charge in [-0.3, -0.25) is 4.79 Å². The van der Waals surface area contributed by atoms with Gasteiger partial charge in [-0.05, 0) is 36.6 Å². The zero-order chi connectivity index (χ0) is 11.4. The van der Waals surface area contributed by atoms with E-state index in [4.69, 9.17) is 0 Å². The number of hydrogen-bond donors (Lipinski definition) is 1. The van der Waals surface area contributed by atoms with Crippen LogP contribution in [0.1, 0.15) is 24.5 Å². The number of carbonyl (C=O) groups excluding carboxylic acids is 1. The molecule has 0 fully saturated rings. The number of benzene rings is 1. The second-order valence-electron chi connectivity index (χ2n) is 4.26. The van der Waals surface area contributed by atoms with E-state index in [1.807, 2.05) is 0 Å². The Bertz CT molecular complexity index is 403. The molecule has 1 aliphatic rings. The lowest BCUT2D eigenvalue weighted by Crippen LogP contribution is -2.19. The molecule has 1 aliphatic heterocycles. The van der Waals surface area contributed by atoms with Crippen molar-refractivity contribution in [3.05, 3.63) is 41.5 Å². The lowest BCUT2D eigenvalue weighted by molar-refractivity contribution is -0.116. The van der Waals surface area contributed by atoms with Crippen LogP contribution in [0.5, 0.6) is 0 Å². The highest BCUT2D eigenvalue weighted by atomic mass is 16.1. The second-order valence-corrected chi connectivity index (χ2v) is 4.26. The molecular formula is C14H17NO. The second kappa shape index (κ2) is 5.08. The van der Waals surface area contributed by atoms with E-state index in [0.717, 1.165) is 25.1 Å². The molecule has 0 unspecified atom stereocenters. The third-order valence-corrected chi connectivity index (χ3v) is 2.84. The number of rotatable bonds is 3. The minimum Gasteiger partial charge on any atom is -0.313 e. The van der Waals surface area contributed by atoms with Gasteiger partial charge in [-0.2, -0.15) is 0 Å². The molecule has 0 radical (unpaired) electrons. The SMILES string of the molecule is CC(=O)Cc1ccc(C2=CCNCC2)cc1. The molecule has 2 rings (SSSR count). The smallest absolute Gasteiger partial charge is 0.134 e. The van der Waals surface area contributed by atoms with Gasteiger partial charge in [-0.1, -0.05) is 30.3 Å². The van der Waals surface area contributed by atoms with Gasteiger partial charge >= 0.3 is 0 Å². The van der Waals surface area contributed by atoms with E-state index in [9.17, 15) is 4.79 Å². The van der Waals surface area contributed by atoms with Crippen LogP contribution >= 0.6 is 0 Å². The van der Waals surface area contributed by atoms with Gasteiger partial charge in [0.15, 0.2) is 0 Å². The number of ketones is 1. The zero-order valence-corrected chi connectivity index (χ0v) is 9.62. The van der Waals surface area contributed by atoms with E-state index in [2.05, 4.69) is 35.7 Å². The highest BCUT2D eigenvalue weighted by molar-refractivity contribution is 5.78. The highest BCUT2D eigenvalue weighted by Gasteiger charge is 2.05. The van der Waals surface area contributed by atoms with Gasteiger partial charge in [0.1, 0.15) is 5.78 Å². The average molecular weight is 215 g/mol. The van der Waals surface area contributed by atoms with Crippen LogP contribution in [0, 0.1) is 0 Å². The van der Waals surface area contributed by atoms with Crippen LogP contribution in [0.15, 0.2) is 30.3 Å². The van der Waals surface area contributed by atoms with Crippen molar-refractivity contribution in [1.82, 2.24) is 5.32 Å². The van der Waals surface area contributed by atoms with Crippen LogP contribution in [0.3, 0.4) is 0 Å². The molecule has 1 N–H and O–H groups in total. The molecule has 0 aromatic heterocycles. The summed E-state index contributed by atoms with van der Waals surface area (Å²) in [6.07, 6.45) is 3.87. The largest absolute Gasteiger partial charge is 0.313 e. The van der Waals surface area contributed by atoms with E-state index in [0.29, 0.717) is 6.42 Å². The summed E-state index contributed by atoms with van der Waals surface area (Å²) in [5.74, 6) is 0.217. The van der Waals surface area contributed by atoms with Crippen LogP contribution in [0.25, 0.3) is 5.57 Å². The zero-order valence-electron chi connectivity index (χ0n) is 9.62. The fourth-order valence-corrected chi connectivity index (χ4v) is 2.01. The summed E-state index contributed by atoms with van der Waals surface area (Å²) in [5.41, 5.74) is 3.80. The quantitative estimate of drug-likeness (QED) is 0.837. The molecule has 2 heteroatoms. The molecule has 0 amide bonds. The summed E-state index contributed by atoms with van der Waals surface area (Å²) in [4.78, 5) is 11.0. The Hall–Kier alpha value is -1.41. The Morgan fingerprint density at radius 1 is 1.31 bits per heavy atom. The fraction of sp³-hybridized carbons (Fsp3) is 0.357. The van der Waals surface area contributed by atoms with Gasteiger partial charge in [0, 0.05) is 13.0 Å². The molecule has 0 aliphatic carbocycles. The van der Waals surface area contributed by atoms with Crippen molar-refractivity contribution in [2.24, 2.45) is 0 Å². The van der Waals surface area contributed by atoms with Gasteiger partial charge in [0.2, 0.25) is 0 Å². The predicted molar refractivity (Wildman–Crippen MR) is 66.3 cm³/mol. The molecular weight excluding hydrogens is 198 g/mol. The van der Waals surface area contributed by atoms with Gasteiger partial charge in [0.25, 0.3) is 0 Å².